The number of hydrogen-bond donors (Lipinski definition) is 1. The van der Waals surface area contributed by atoms with Gasteiger partial charge in [0.2, 0.25) is 0 Å². The van der Waals surface area contributed by atoms with Gasteiger partial charge in [0.05, 0.1) is 19.9 Å². The Balaban J connectivity index is 2.96. The van der Waals surface area contributed by atoms with Crippen molar-refractivity contribution in [3.05, 3.63) is 11.9 Å². The molecule has 16 heavy (non-hydrogen) atoms. The van der Waals surface area contributed by atoms with Gasteiger partial charge in [-0.05, 0) is 27.9 Å². The van der Waals surface area contributed by atoms with Crippen LogP contribution in [0, 0.1) is 0 Å². The average Bonchev–Trinajstić information content (AvgIpc) is 2.56. The lowest BCUT2D eigenvalue weighted by Crippen LogP contribution is -2.26. The van der Waals surface area contributed by atoms with Crippen molar-refractivity contribution in [2.75, 3.05) is 27.7 Å². The second-order valence-electron chi connectivity index (χ2n) is 4.65. The van der Waals surface area contributed by atoms with Crippen LogP contribution in [0.15, 0.2) is 6.20 Å². The van der Waals surface area contributed by atoms with Gasteiger partial charge in [0.25, 0.3) is 0 Å². The zero-order chi connectivity index (χ0) is 12.3. The van der Waals surface area contributed by atoms with Gasteiger partial charge >= 0.3 is 0 Å². The summed E-state index contributed by atoms with van der Waals surface area (Å²) in [6.07, 6.45) is 1.64. The molecule has 0 fully saturated rings. The van der Waals surface area contributed by atoms with E-state index in [1.165, 1.54) is 0 Å². The van der Waals surface area contributed by atoms with Crippen LogP contribution in [0.1, 0.15) is 19.5 Å². The van der Waals surface area contributed by atoms with Crippen LogP contribution in [0.3, 0.4) is 0 Å². The van der Waals surface area contributed by atoms with E-state index in [2.05, 4.69) is 10.00 Å². The molecule has 0 aliphatic rings. The number of ether oxygens (including phenoxy) is 1. The molecule has 0 unspecified atom stereocenters. The summed E-state index contributed by atoms with van der Waals surface area (Å²) in [5, 5.41) is 14.3. The third-order valence-corrected chi connectivity index (χ3v) is 2.36. The van der Waals surface area contributed by atoms with Gasteiger partial charge in [0, 0.05) is 6.54 Å². The maximum atomic E-state index is 10.1. The van der Waals surface area contributed by atoms with Crippen molar-refractivity contribution in [3.8, 4) is 5.75 Å². The summed E-state index contributed by atoms with van der Waals surface area (Å²) >= 11 is 0. The summed E-state index contributed by atoms with van der Waals surface area (Å²) < 4.78 is 6.99. The highest BCUT2D eigenvalue weighted by Crippen LogP contribution is 2.29. The van der Waals surface area contributed by atoms with Crippen LogP contribution in [0.2, 0.25) is 0 Å². The maximum Gasteiger partial charge on any atom is 0.162 e. The topological polar surface area (TPSA) is 50.5 Å². The number of aromatic nitrogens is 2. The monoisotopic (exact) mass is 227 g/mol. The van der Waals surface area contributed by atoms with E-state index in [0.29, 0.717) is 5.75 Å². The SMILES string of the molecule is COc1cnn(CCN(C)C)c1C(C)(C)O. The van der Waals surface area contributed by atoms with Gasteiger partial charge in [-0.25, -0.2) is 0 Å². The van der Waals surface area contributed by atoms with Crippen LogP contribution in [0.25, 0.3) is 0 Å². The van der Waals surface area contributed by atoms with Crippen LogP contribution >= 0.6 is 0 Å². The van der Waals surface area contributed by atoms with Gasteiger partial charge in [0.15, 0.2) is 5.75 Å². The van der Waals surface area contributed by atoms with Crippen molar-refractivity contribution in [2.24, 2.45) is 0 Å². The molecule has 1 aromatic rings. The van der Waals surface area contributed by atoms with Crippen molar-refractivity contribution < 1.29 is 9.84 Å². The Morgan fingerprint density at radius 1 is 1.50 bits per heavy atom. The molecule has 5 heteroatoms. The molecule has 1 N–H and O–H groups in total. The molecule has 0 aromatic carbocycles. The molecule has 0 bridgehead atoms. The number of rotatable bonds is 5. The minimum Gasteiger partial charge on any atom is -0.493 e. The van der Waals surface area contributed by atoms with Crippen LogP contribution in [-0.4, -0.2) is 47.5 Å². The molecule has 5 nitrogen and oxygen atoms in total. The maximum absolute atomic E-state index is 10.1. The van der Waals surface area contributed by atoms with E-state index < -0.39 is 5.60 Å². The zero-order valence-electron chi connectivity index (χ0n) is 10.7. The lowest BCUT2D eigenvalue weighted by atomic mass is 10.1. The molecular formula is C11H21N3O2. The predicted molar refractivity (Wildman–Crippen MR) is 62.6 cm³/mol. The van der Waals surface area contributed by atoms with Gasteiger partial charge in [-0.1, -0.05) is 0 Å². The lowest BCUT2D eigenvalue weighted by Gasteiger charge is -2.21. The van der Waals surface area contributed by atoms with E-state index in [4.69, 9.17) is 4.74 Å². The lowest BCUT2D eigenvalue weighted by molar-refractivity contribution is 0.0648. The highest BCUT2D eigenvalue weighted by atomic mass is 16.5. The first-order chi connectivity index (χ1) is 7.36. The largest absolute Gasteiger partial charge is 0.493 e. The number of hydrogen-bond acceptors (Lipinski definition) is 4. The molecule has 0 atom stereocenters. The molecule has 0 aliphatic carbocycles. The van der Waals surface area contributed by atoms with Crippen LogP contribution in [0.5, 0.6) is 5.75 Å². The Hall–Kier alpha value is -1.07. The smallest absolute Gasteiger partial charge is 0.162 e. The zero-order valence-corrected chi connectivity index (χ0v) is 10.7. The third-order valence-electron chi connectivity index (χ3n) is 2.36. The molecule has 0 radical (unpaired) electrons. The van der Waals surface area contributed by atoms with E-state index >= 15 is 0 Å². The highest BCUT2D eigenvalue weighted by Gasteiger charge is 2.26. The fourth-order valence-electron chi connectivity index (χ4n) is 1.60. The van der Waals surface area contributed by atoms with Crippen molar-refractivity contribution in [1.29, 1.82) is 0 Å². The quantitative estimate of drug-likeness (QED) is 0.803. The molecule has 92 valence electrons. The first kappa shape index (κ1) is 13.0. The molecule has 1 rings (SSSR count). The average molecular weight is 227 g/mol. The van der Waals surface area contributed by atoms with Crippen molar-refractivity contribution in [2.45, 2.75) is 26.0 Å². The van der Waals surface area contributed by atoms with Gasteiger partial charge in [0.1, 0.15) is 11.3 Å². The second kappa shape index (κ2) is 4.84. The van der Waals surface area contributed by atoms with E-state index in [-0.39, 0.29) is 0 Å². The first-order valence-electron chi connectivity index (χ1n) is 5.33. The summed E-state index contributed by atoms with van der Waals surface area (Å²) in [7, 11) is 5.59. The first-order valence-corrected chi connectivity index (χ1v) is 5.33. The Labute approximate surface area is 96.6 Å². The normalized spacial score (nSPS) is 12.2. The molecule has 0 spiro atoms. The molecule has 0 saturated carbocycles. The van der Waals surface area contributed by atoms with Crippen molar-refractivity contribution in [3.63, 3.8) is 0 Å². The fraction of sp³-hybridized carbons (Fsp3) is 0.727. The molecule has 0 saturated heterocycles. The van der Waals surface area contributed by atoms with Crippen molar-refractivity contribution >= 4 is 0 Å². The Morgan fingerprint density at radius 2 is 2.12 bits per heavy atom. The molecule has 1 heterocycles. The second-order valence-corrected chi connectivity index (χ2v) is 4.65. The van der Waals surface area contributed by atoms with Gasteiger partial charge < -0.3 is 14.7 Å². The minimum atomic E-state index is -0.950. The Morgan fingerprint density at radius 3 is 2.56 bits per heavy atom. The summed E-state index contributed by atoms with van der Waals surface area (Å²) in [6, 6.07) is 0. The molecule has 1 aromatic heterocycles. The number of aliphatic hydroxyl groups is 1. The Kier molecular flexibility index (Phi) is 3.93. The third kappa shape index (κ3) is 2.96. The standard InChI is InChI=1S/C11H21N3O2/c1-11(2,15)10-9(16-5)8-12-14(10)7-6-13(3)4/h8,15H,6-7H2,1-5H3. The number of methoxy groups -OCH3 is 1. The fourth-order valence-corrected chi connectivity index (χ4v) is 1.60. The minimum absolute atomic E-state index is 0.631. The predicted octanol–water partition coefficient (Wildman–Crippen LogP) is 0.681. The molecule has 0 amide bonds. The van der Waals surface area contributed by atoms with Crippen LogP contribution in [0.4, 0.5) is 0 Å². The highest BCUT2D eigenvalue weighted by molar-refractivity contribution is 5.29. The van der Waals surface area contributed by atoms with E-state index in [1.807, 2.05) is 14.1 Å². The number of likely N-dealkylation sites (N-methyl/N-ethyl adjacent to an activating group) is 1. The Bertz CT molecular complexity index is 339. The van der Waals surface area contributed by atoms with Gasteiger partial charge in [-0.15, -0.1) is 0 Å². The molecule has 0 aliphatic heterocycles. The van der Waals surface area contributed by atoms with E-state index in [9.17, 15) is 5.11 Å². The summed E-state index contributed by atoms with van der Waals surface area (Å²) in [5.41, 5.74) is -0.231. The van der Waals surface area contributed by atoms with E-state index in [0.717, 1.165) is 18.8 Å². The van der Waals surface area contributed by atoms with Crippen molar-refractivity contribution in [1.82, 2.24) is 14.7 Å². The summed E-state index contributed by atoms with van der Waals surface area (Å²) in [5.74, 6) is 0.631. The summed E-state index contributed by atoms with van der Waals surface area (Å²) in [4.78, 5) is 2.07. The number of nitrogens with zero attached hydrogens (tertiary/aromatic N) is 3. The molecular weight excluding hydrogens is 206 g/mol. The van der Waals surface area contributed by atoms with Crippen LogP contribution < -0.4 is 4.74 Å². The van der Waals surface area contributed by atoms with Gasteiger partial charge in [-0.2, -0.15) is 5.10 Å². The van der Waals surface area contributed by atoms with Gasteiger partial charge in [-0.3, -0.25) is 4.68 Å². The van der Waals surface area contributed by atoms with Crippen LogP contribution in [-0.2, 0) is 12.1 Å². The van der Waals surface area contributed by atoms with E-state index in [1.54, 1.807) is 31.8 Å². The summed E-state index contributed by atoms with van der Waals surface area (Å²) in [6.45, 7) is 5.07.